The number of sulfonamides is 2. The molecule has 1 unspecified atom stereocenters. The molecule has 4 aromatic rings. The van der Waals surface area contributed by atoms with Crippen molar-refractivity contribution in [2.24, 2.45) is 0 Å². The number of esters is 1. The van der Waals surface area contributed by atoms with Gasteiger partial charge in [0.1, 0.15) is 5.92 Å². The van der Waals surface area contributed by atoms with Gasteiger partial charge in [0.25, 0.3) is 20.0 Å². The highest BCUT2D eigenvalue weighted by atomic mass is 32.2. The van der Waals surface area contributed by atoms with Gasteiger partial charge >= 0.3 is 5.97 Å². The molecule has 0 saturated heterocycles. The molecule has 0 bridgehead atoms. The Hall–Kier alpha value is -4.48. The van der Waals surface area contributed by atoms with Gasteiger partial charge in [0.15, 0.2) is 5.78 Å². The Balaban J connectivity index is 1.88. The molecule has 9 nitrogen and oxygen atoms in total. The fraction of sp³-hybridized carbons (Fsp3) is 0.212. The van der Waals surface area contributed by atoms with Crippen molar-refractivity contribution < 1.29 is 31.2 Å². The number of aryl methyl sites for hydroxylation is 4. The zero-order chi connectivity index (χ0) is 32.2. The van der Waals surface area contributed by atoms with Crippen LogP contribution in [-0.2, 0) is 29.6 Å². The van der Waals surface area contributed by atoms with Crippen molar-refractivity contribution in [2.45, 2.75) is 50.3 Å². The summed E-state index contributed by atoms with van der Waals surface area (Å²) in [5, 5.41) is 0. The Morgan fingerprint density at radius 3 is 1.77 bits per heavy atom. The molecule has 0 radical (unpaired) electrons. The third kappa shape index (κ3) is 7.17. The molecule has 0 amide bonds. The lowest BCUT2D eigenvalue weighted by molar-refractivity contribution is -0.143. The van der Waals surface area contributed by atoms with E-state index in [0.717, 1.165) is 11.1 Å². The van der Waals surface area contributed by atoms with Crippen LogP contribution in [0, 0.1) is 27.7 Å². The van der Waals surface area contributed by atoms with E-state index in [1.54, 1.807) is 63.2 Å². The molecule has 0 saturated carbocycles. The van der Waals surface area contributed by atoms with E-state index >= 15 is 0 Å². The second kappa shape index (κ2) is 13.0. The number of hydrogen-bond donors (Lipinski definition) is 2. The average Bonchev–Trinajstić information content (AvgIpc) is 2.94. The van der Waals surface area contributed by atoms with Crippen molar-refractivity contribution >= 4 is 43.2 Å². The summed E-state index contributed by atoms with van der Waals surface area (Å²) < 4.78 is 64.2. The molecule has 0 aromatic heterocycles. The van der Waals surface area contributed by atoms with Gasteiger partial charge in [-0.15, -0.1) is 0 Å². The number of carbonyl (C=O) groups excluding carboxylic acids is 2. The lowest BCUT2D eigenvalue weighted by Crippen LogP contribution is -2.27. The van der Waals surface area contributed by atoms with Crippen LogP contribution in [0.25, 0.3) is 0 Å². The molecule has 230 valence electrons. The van der Waals surface area contributed by atoms with Crippen LogP contribution in [0.15, 0.2) is 94.7 Å². The number of ether oxygens (including phenoxy) is 1. The molecule has 2 N–H and O–H groups in total. The summed E-state index contributed by atoms with van der Waals surface area (Å²) in [5.74, 6) is -3.17. The maximum absolute atomic E-state index is 13.8. The standard InChI is InChI=1S/C33H34N2O7S2/c1-6-42-33(37)31(32(36)25-10-8-7-9-11-25)27-20-26(34-43(38,39)29-16-12-21(2)18-23(29)4)14-15-28(27)35-44(40,41)30-17-13-22(3)19-24(30)5/h7-20,31,34-35H,6H2,1-5H3. The molecule has 4 rings (SSSR count). The minimum absolute atomic E-state index is 0.00995. The van der Waals surface area contributed by atoms with Crippen molar-refractivity contribution in [1.29, 1.82) is 0 Å². The number of Topliss-reactive ketones (excluding diaryl/α,β-unsaturated/α-hetero) is 1. The Kier molecular flexibility index (Phi) is 9.60. The first kappa shape index (κ1) is 32.4. The Bertz CT molecular complexity index is 1940. The quantitative estimate of drug-likeness (QED) is 0.116. The predicted molar refractivity (Wildman–Crippen MR) is 170 cm³/mol. The van der Waals surface area contributed by atoms with Gasteiger partial charge < -0.3 is 4.74 Å². The normalized spacial score (nSPS) is 12.3. The van der Waals surface area contributed by atoms with Crippen LogP contribution in [0.1, 0.15) is 51.0 Å². The highest BCUT2D eigenvalue weighted by Crippen LogP contribution is 2.34. The van der Waals surface area contributed by atoms with E-state index in [4.69, 9.17) is 4.74 Å². The van der Waals surface area contributed by atoms with Crippen molar-refractivity contribution in [1.82, 2.24) is 0 Å². The van der Waals surface area contributed by atoms with Crippen molar-refractivity contribution in [3.63, 3.8) is 0 Å². The Morgan fingerprint density at radius 2 is 1.25 bits per heavy atom. The Morgan fingerprint density at radius 1 is 0.705 bits per heavy atom. The van der Waals surface area contributed by atoms with Crippen LogP contribution in [0.2, 0.25) is 0 Å². The maximum Gasteiger partial charge on any atom is 0.321 e. The zero-order valence-corrected chi connectivity index (χ0v) is 26.7. The summed E-state index contributed by atoms with van der Waals surface area (Å²) in [5.41, 5.74) is 2.84. The van der Waals surface area contributed by atoms with E-state index < -0.39 is 37.7 Å². The molecule has 4 aromatic carbocycles. The summed E-state index contributed by atoms with van der Waals surface area (Å²) in [6.45, 7) is 8.56. The van der Waals surface area contributed by atoms with E-state index in [-0.39, 0.29) is 38.9 Å². The smallest absolute Gasteiger partial charge is 0.321 e. The van der Waals surface area contributed by atoms with E-state index in [1.807, 2.05) is 13.8 Å². The van der Waals surface area contributed by atoms with E-state index in [0.29, 0.717) is 11.1 Å². The highest BCUT2D eigenvalue weighted by Gasteiger charge is 2.34. The van der Waals surface area contributed by atoms with E-state index in [9.17, 15) is 26.4 Å². The van der Waals surface area contributed by atoms with E-state index in [1.165, 1.54) is 42.5 Å². The zero-order valence-electron chi connectivity index (χ0n) is 25.0. The average molecular weight is 635 g/mol. The molecule has 0 spiro atoms. The van der Waals surface area contributed by atoms with Crippen molar-refractivity contribution in [3.05, 3.63) is 118 Å². The van der Waals surface area contributed by atoms with Gasteiger partial charge in [-0.05, 0) is 76.1 Å². The largest absolute Gasteiger partial charge is 0.465 e. The third-order valence-corrected chi connectivity index (χ3v) is 10.0. The molecule has 0 aliphatic carbocycles. The first-order valence-electron chi connectivity index (χ1n) is 13.8. The lowest BCUT2D eigenvalue weighted by Gasteiger charge is -2.21. The van der Waals surface area contributed by atoms with Gasteiger partial charge in [0.05, 0.1) is 22.1 Å². The van der Waals surface area contributed by atoms with Gasteiger partial charge in [-0.1, -0.05) is 65.7 Å². The minimum atomic E-state index is -4.20. The number of hydrogen-bond acceptors (Lipinski definition) is 7. The van der Waals surface area contributed by atoms with Crippen LogP contribution in [0.4, 0.5) is 11.4 Å². The number of rotatable bonds is 11. The molecule has 44 heavy (non-hydrogen) atoms. The molecule has 0 aliphatic heterocycles. The number of benzene rings is 4. The van der Waals surface area contributed by atoms with Gasteiger partial charge in [-0.3, -0.25) is 19.0 Å². The van der Waals surface area contributed by atoms with Crippen LogP contribution in [0.3, 0.4) is 0 Å². The second-order valence-corrected chi connectivity index (χ2v) is 13.8. The molecule has 0 fully saturated rings. The van der Waals surface area contributed by atoms with Gasteiger partial charge in [-0.2, -0.15) is 0 Å². The second-order valence-electron chi connectivity index (χ2n) is 10.5. The first-order chi connectivity index (χ1) is 20.7. The summed E-state index contributed by atoms with van der Waals surface area (Å²) in [6.07, 6.45) is 0. The monoisotopic (exact) mass is 634 g/mol. The van der Waals surface area contributed by atoms with Crippen LogP contribution >= 0.6 is 0 Å². The molecule has 0 aliphatic rings. The molecular weight excluding hydrogens is 601 g/mol. The summed E-state index contributed by atoms with van der Waals surface area (Å²) in [6, 6.07) is 21.7. The number of ketones is 1. The Labute approximate surface area is 258 Å². The van der Waals surface area contributed by atoms with Gasteiger partial charge in [-0.25, -0.2) is 16.8 Å². The van der Waals surface area contributed by atoms with Crippen LogP contribution in [0.5, 0.6) is 0 Å². The lowest BCUT2D eigenvalue weighted by atomic mass is 9.89. The third-order valence-electron chi connectivity index (χ3n) is 6.94. The van der Waals surface area contributed by atoms with E-state index in [2.05, 4.69) is 9.44 Å². The van der Waals surface area contributed by atoms with Crippen LogP contribution < -0.4 is 9.44 Å². The van der Waals surface area contributed by atoms with Crippen LogP contribution in [-0.4, -0.2) is 35.2 Å². The number of nitrogens with one attached hydrogen (secondary N) is 2. The summed E-state index contributed by atoms with van der Waals surface area (Å²) in [4.78, 5) is 27.3. The molecular formula is C33H34N2O7S2. The molecule has 0 heterocycles. The van der Waals surface area contributed by atoms with Gasteiger partial charge in [0, 0.05) is 16.8 Å². The fourth-order valence-electron chi connectivity index (χ4n) is 4.94. The van der Waals surface area contributed by atoms with Crippen molar-refractivity contribution in [2.75, 3.05) is 16.1 Å². The van der Waals surface area contributed by atoms with Crippen molar-refractivity contribution in [3.8, 4) is 0 Å². The molecule has 1 atom stereocenters. The number of anilines is 2. The SMILES string of the molecule is CCOC(=O)C(C(=O)c1ccccc1)c1cc(NS(=O)(=O)c2ccc(C)cc2C)ccc1NS(=O)(=O)c1ccc(C)cc1C. The predicted octanol–water partition coefficient (Wildman–Crippen LogP) is 6.05. The highest BCUT2D eigenvalue weighted by molar-refractivity contribution is 7.93. The topological polar surface area (TPSA) is 136 Å². The summed E-state index contributed by atoms with van der Waals surface area (Å²) in [7, 11) is -8.29. The first-order valence-corrected chi connectivity index (χ1v) is 16.8. The number of carbonyl (C=O) groups is 2. The molecule has 11 heteroatoms. The fourth-order valence-corrected chi connectivity index (χ4v) is 7.53. The minimum Gasteiger partial charge on any atom is -0.465 e. The summed E-state index contributed by atoms with van der Waals surface area (Å²) >= 11 is 0. The maximum atomic E-state index is 13.8. The van der Waals surface area contributed by atoms with Gasteiger partial charge in [0.2, 0.25) is 0 Å².